The summed E-state index contributed by atoms with van der Waals surface area (Å²) in [6.07, 6.45) is 6.81. The van der Waals surface area contributed by atoms with Crippen molar-refractivity contribution in [3.63, 3.8) is 0 Å². The predicted molar refractivity (Wildman–Crippen MR) is 77.0 cm³/mol. The van der Waals surface area contributed by atoms with Crippen LogP contribution in [0.25, 0.3) is 0 Å². The maximum absolute atomic E-state index is 4.89. The summed E-state index contributed by atoms with van der Waals surface area (Å²) < 4.78 is 0. The van der Waals surface area contributed by atoms with Crippen LogP contribution in [0.4, 0.5) is 0 Å². The van der Waals surface area contributed by atoms with Crippen LogP contribution in [0, 0.1) is 25.7 Å². The summed E-state index contributed by atoms with van der Waals surface area (Å²) in [7, 11) is 0. The van der Waals surface area contributed by atoms with Crippen LogP contribution in [0.15, 0.2) is 0 Å². The van der Waals surface area contributed by atoms with E-state index < -0.39 is 0 Å². The van der Waals surface area contributed by atoms with Gasteiger partial charge in [-0.25, -0.2) is 4.98 Å². The number of nitrogens with zero attached hydrogens (tertiary/aromatic N) is 1. The predicted octanol–water partition coefficient (Wildman–Crippen LogP) is 3.77. The van der Waals surface area contributed by atoms with Crippen molar-refractivity contribution in [2.75, 3.05) is 6.54 Å². The Kier molecular flexibility index (Phi) is 3.23. The van der Waals surface area contributed by atoms with Crippen molar-refractivity contribution >= 4 is 11.3 Å². The molecule has 2 aliphatic carbocycles. The van der Waals surface area contributed by atoms with Gasteiger partial charge in [0.25, 0.3) is 0 Å². The third-order valence-electron chi connectivity index (χ3n) is 4.95. The molecule has 18 heavy (non-hydrogen) atoms. The molecular formula is C15H24N2S. The number of fused-ring (bicyclic) bond motifs is 2. The lowest BCUT2D eigenvalue weighted by molar-refractivity contribution is 0.209. The van der Waals surface area contributed by atoms with E-state index in [1.807, 2.05) is 11.3 Å². The fraction of sp³-hybridized carbons (Fsp3) is 0.800. The first-order chi connectivity index (χ1) is 8.65. The van der Waals surface area contributed by atoms with Crippen LogP contribution in [0.2, 0.25) is 0 Å². The van der Waals surface area contributed by atoms with E-state index in [4.69, 9.17) is 4.98 Å². The Balaban J connectivity index is 1.95. The molecule has 0 aromatic carbocycles. The molecule has 3 unspecified atom stereocenters. The highest BCUT2D eigenvalue weighted by Crippen LogP contribution is 2.56. The van der Waals surface area contributed by atoms with E-state index in [0.717, 1.165) is 18.4 Å². The molecule has 2 nitrogen and oxygen atoms in total. The second kappa shape index (κ2) is 4.61. The van der Waals surface area contributed by atoms with Gasteiger partial charge in [0.05, 0.1) is 11.2 Å². The van der Waals surface area contributed by atoms with Crippen LogP contribution < -0.4 is 5.32 Å². The van der Waals surface area contributed by atoms with Crippen LogP contribution in [-0.4, -0.2) is 11.5 Å². The van der Waals surface area contributed by atoms with E-state index in [2.05, 4.69) is 26.1 Å². The van der Waals surface area contributed by atoms with E-state index in [-0.39, 0.29) is 5.54 Å². The van der Waals surface area contributed by atoms with E-state index in [0.29, 0.717) is 0 Å². The molecule has 0 aliphatic heterocycles. The summed E-state index contributed by atoms with van der Waals surface area (Å²) in [5.41, 5.74) is 1.46. The third kappa shape index (κ3) is 1.83. The second-order valence-electron chi connectivity index (χ2n) is 6.14. The smallest absolute Gasteiger partial charge is 0.114 e. The number of thiazole rings is 1. The average Bonchev–Trinajstić information content (AvgIpc) is 3.03. The molecule has 0 radical (unpaired) electrons. The molecule has 3 heteroatoms. The monoisotopic (exact) mass is 264 g/mol. The quantitative estimate of drug-likeness (QED) is 0.895. The van der Waals surface area contributed by atoms with Crippen molar-refractivity contribution in [1.29, 1.82) is 0 Å². The van der Waals surface area contributed by atoms with E-state index in [1.165, 1.54) is 47.7 Å². The van der Waals surface area contributed by atoms with Crippen LogP contribution >= 0.6 is 11.3 Å². The zero-order valence-electron chi connectivity index (χ0n) is 11.8. The normalized spacial score (nSPS) is 34.4. The Morgan fingerprint density at radius 1 is 1.39 bits per heavy atom. The van der Waals surface area contributed by atoms with Crippen molar-refractivity contribution in [2.24, 2.45) is 11.8 Å². The highest BCUT2D eigenvalue weighted by atomic mass is 32.1. The molecule has 1 aromatic rings. The summed E-state index contributed by atoms with van der Waals surface area (Å²) in [6, 6.07) is 0. The van der Waals surface area contributed by atoms with Gasteiger partial charge in [0, 0.05) is 4.88 Å². The first kappa shape index (κ1) is 12.6. The van der Waals surface area contributed by atoms with Crippen molar-refractivity contribution in [2.45, 2.75) is 58.4 Å². The largest absolute Gasteiger partial charge is 0.305 e. The topological polar surface area (TPSA) is 24.9 Å². The van der Waals surface area contributed by atoms with Gasteiger partial charge < -0.3 is 5.32 Å². The highest BCUT2D eigenvalue weighted by Gasteiger charge is 2.53. The number of aryl methyl sites for hydroxylation is 2. The lowest BCUT2D eigenvalue weighted by Crippen LogP contribution is -2.47. The van der Waals surface area contributed by atoms with Crippen molar-refractivity contribution in [3.05, 3.63) is 15.6 Å². The molecule has 2 saturated carbocycles. The standard InChI is InChI=1S/C15H24N2S/c1-4-7-16-15(9-12-5-6-13(15)8-12)14-17-10(2)11(3)18-14/h12-13,16H,4-9H2,1-3H3. The number of aromatic nitrogens is 1. The molecule has 2 fully saturated rings. The lowest BCUT2D eigenvalue weighted by atomic mass is 9.81. The molecule has 3 atom stereocenters. The van der Waals surface area contributed by atoms with Gasteiger partial charge in [-0.3, -0.25) is 0 Å². The summed E-state index contributed by atoms with van der Waals surface area (Å²) in [6.45, 7) is 7.74. The first-order valence-electron chi connectivity index (χ1n) is 7.35. The summed E-state index contributed by atoms with van der Waals surface area (Å²) in [5.74, 6) is 1.78. The minimum absolute atomic E-state index is 0.225. The zero-order valence-corrected chi connectivity index (χ0v) is 12.6. The third-order valence-corrected chi connectivity index (χ3v) is 6.20. The number of hydrogen-bond acceptors (Lipinski definition) is 3. The first-order valence-corrected chi connectivity index (χ1v) is 8.17. The number of rotatable bonds is 4. The summed E-state index contributed by atoms with van der Waals surface area (Å²) >= 11 is 1.93. The second-order valence-corrected chi connectivity index (χ2v) is 7.34. The fourth-order valence-corrected chi connectivity index (χ4v) is 5.07. The lowest BCUT2D eigenvalue weighted by Gasteiger charge is -2.37. The van der Waals surface area contributed by atoms with Gasteiger partial charge in [-0.1, -0.05) is 13.3 Å². The molecule has 2 aliphatic rings. The molecule has 3 rings (SSSR count). The summed E-state index contributed by atoms with van der Waals surface area (Å²) in [5, 5.41) is 5.25. The Hall–Kier alpha value is -0.410. The molecule has 1 aromatic heterocycles. The molecule has 0 saturated heterocycles. The maximum atomic E-state index is 4.89. The van der Waals surface area contributed by atoms with Gasteiger partial charge in [0.1, 0.15) is 5.01 Å². The van der Waals surface area contributed by atoms with Crippen molar-refractivity contribution < 1.29 is 0 Å². The van der Waals surface area contributed by atoms with Crippen LogP contribution in [0.1, 0.15) is 54.6 Å². The Morgan fingerprint density at radius 2 is 2.22 bits per heavy atom. The Morgan fingerprint density at radius 3 is 2.72 bits per heavy atom. The van der Waals surface area contributed by atoms with Gasteiger partial charge in [0.15, 0.2) is 0 Å². The van der Waals surface area contributed by atoms with E-state index in [1.54, 1.807) is 0 Å². The number of nitrogens with one attached hydrogen (secondary N) is 1. The molecular weight excluding hydrogens is 240 g/mol. The van der Waals surface area contributed by atoms with Crippen LogP contribution in [0.5, 0.6) is 0 Å². The van der Waals surface area contributed by atoms with Crippen LogP contribution in [-0.2, 0) is 5.54 Å². The fourth-order valence-electron chi connectivity index (χ4n) is 3.90. The molecule has 1 N–H and O–H groups in total. The van der Waals surface area contributed by atoms with Crippen LogP contribution in [0.3, 0.4) is 0 Å². The van der Waals surface area contributed by atoms with E-state index in [9.17, 15) is 0 Å². The van der Waals surface area contributed by atoms with Crippen molar-refractivity contribution in [1.82, 2.24) is 10.3 Å². The average molecular weight is 264 g/mol. The Labute approximate surface area is 114 Å². The molecule has 0 spiro atoms. The molecule has 1 heterocycles. The molecule has 2 bridgehead atoms. The zero-order chi connectivity index (χ0) is 12.8. The highest BCUT2D eigenvalue weighted by molar-refractivity contribution is 7.11. The van der Waals surface area contributed by atoms with Crippen molar-refractivity contribution in [3.8, 4) is 0 Å². The SMILES string of the molecule is CCCNC1(c2nc(C)c(C)s2)CC2CCC1C2. The maximum Gasteiger partial charge on any atom is 0.114 e. The van der Waals surface area contributed by atoms with Gasteiger partial charge in [-0.2, -0.15) is 0 Å². The number of hydrogen-bond donors (Lipinski definition) is 1. The minimum Gasteiger partial charge on any atom is -0.305 e. The molecule has 0 amide bonds. The minimum atomic E-state index is 0.225. The summed E-state index contributed by atoms with van der Waals surface area (Å²) in [4.78, 5) is 6.29. The van der Waals surface area contributed by atoms with Gasteiger partial charge >= 0.3 is 0 Å². The van der Waals surface area contributed by atoms with Gasteiger partial charge in [0.2, 0.25) is 0 Å². The van der Waals surface area contributed by atoms with Gasteiger partial charge in [-0.05, 0) is 57.9 Å². The Bertz CT molecular complexity index is 420. The molecule has 100 valence electrons. The van der Waals surface area contributed by atoms with Gasteiger partial charge in [-0.15, -0.1) is 11.3 Å². The van der Waals surface area contributed by atoms with E-state index >= 15 is 0 Å².